The fraction of sp³-hybridized carbons (Fsp3) is 0.259. The van der Waals surface area contributed by atoms with Crippen LogP contribution in [0.25, 0.3) is 0 Å². The van der Waals surface area contributed by atoms with Gasteiger partial charge in [-0.25, -0.2) is 0 Å². The molecule has 0 radical (unpaired) electrons. The van der Waals surface area contributed by atoms with Crippen LogP contribution in [-0.2, 0) is 6.61 Å². The summed E-state index contributed by atoms with van der Waals surface area (Å²) >= 11 is 11.8. The van der Waals surface area contributed by atoms with E-state index < -0.39 is 5.60 Å². The van der Waals surface area contributed by atoms with Crippen LogP contribution in [0.3, 0.4) is 0 Å². The van der Waals surface area contributed by atoms with E-state index in [1.165, 1.54) is 5.56 Å². The number of benzene rings is 3. The number of hydrogen-bond donors (Lipinski definition) is 2. The molecule has 3 aromatic carbocycles. The molecule has 0 saturated carbocycles. The van der Waals surface area contributed by atoms with Crippen molar-refractivity contribution in [3.63, 3.8) is 0 Å². The number of anilines is 1. The number of thiocarbonyl (C=S) groups is 1. The molecule has 2 N–H and O–H groups in total. The van der Waals surface area contributed by atoms with Crippen LogP contribution in [0.15, 0.2) is 65.8 Å². The molecular formula is C27H28ClN3O2S. The first-order chi connectivity index (χ1) is 16.2. The van der Waals surface area contributed by atoms with E-state index in [1.807, 2.05) is 69.3 Å². The maximum Gasteiger partial charge on any atom is 0.191 e. The first-order valence-corrected chi connectivity index (χ1v) is 11.9. The molecule has 1 heterocycles. The van der Waals surface area contributed by atoms with Crippen molar-refractivity contribution in [1.29, 1.82) is 0 Å². The third-order valence-electron chi connectivity index (χ3n) is 5.56. The molecule has 3 aromatic rings. The van der Waals surface area contributed by atoms with Crippen molar-refractivity contribution < 1.29 is 9.47 Å². The Labute approximate surface area is 211 Å². The number of nitrogens with one attached hydrogen (secondary N) is 2. The second-order valence-electron chi connectivity index (χ2n) is 9.02. The van der Waals surface area contributed by atoms with Gasteiger partial charge in [0.25, 0.3) is 0 Å². The van der Waals surface area contributed by atoms with E-state index in [2.05, 4.69) is 34.9 Å². The van der Waals surface area contributed by atoms with Gasteiger partial charge < -0.3 is 14.8 Å². The largest absolute Gasteiger partial charge is 0.489 e. The fourth-order valence-electron chi connectivity index (χ4n) is 3.77. The summed E-state index contributed by atoms with van der Waals surface area (Å²) in [6, 6.07) is 19.8. The van der Waals surface area contributed by atoms with Crippen LogP contribution in [0.5, 0.6) is 11.5 Å². The summed E-state index contributed by atoms with van der Waals surface area (Å²) in [5.74, 6) is 1.52. The average Bonchev–Trinajstić information content (AvgIpc) is 2.78. The Morgan fingerprint density at radius 1 is 1.12 bits per heavy atom. The molecule has 0 atom stereocenters. The maximum atomic E-state index is 6.31. The lowest BCUT2D eigenvalue weighted by Gasteiger charge is -2.33. The zero-order valence-corrected chi connectivity index (χ0v) is 21.3. The van der Waals surface area contributed by atoms with Gasteiger partial charge in [-0.2, -0.15) is 5.10 Å². The Bertz CT molecular complexity index is 1260. The minimum atomic E-state index is -0.396. The van der Waals surface area contributed by atoms with Crippen molar-refractivity contribution in [3.05, 3.63) is 87.9 Å². The van der Waals surface area contributed by atoms with Crippen LogP contribution in [0.2, 0.25) is 5.02 Å². The number of fused-ring (bicyclic) bond motifs is 1. The van der Waals surface area contributed by atoms with Gasteiger partial charge in [-0.15, -0.1) is 0 Å². The highest BCUT2D eigenvalue weighted by atomic mass is 35.5. The third kappa shape index (κ3) is 5.88. The lowest BCUT2D eigenvalue weighted by molar-refractivity contribution is 0.111. The Balaban J connectivity index is 1.52. The molecular weight excluding hydrogens is 466 g/mol. The van der Waals surface area contributed by atoms with Crippen LogP contribution < -0.4 is 20.2 Å². The van der Waals surface area contributed by atoms with E-state index >= 15 is 0 Å². The van der Waals surface area contributed by atoms with E-state index in [0.717, 1.165) is 39.6 Å². The maximum absolute atomic E-state index is 6.31. The predicted molar refractivity (Wildman–Crippen MR) is 143 cm³/mol. The number of halogens is 1. The lowest BCUT2D eigenvalue weighted by atomic mass is 9.92. The van der Waals surface area contributed by atoms with Crippen LogP contribution in [0, 0.1) is 13.8 Å². The van der Waals surface area contributed by atoms with Gasteiger partial charge in [0, 0.05) is 12.0 Å². The molecule has 1 aliphatic heterocycles. The van der Waals surface area contributed by atoms with E-state index in [9.17, 15) is 0 Å². The number of ether oxygens (including phenoxy) is 2. The molecule has 1 aliphatic rings. The van der Waals surface area contributed by atoms with Crippen molar-refractivity contribution in [2.75, 3.05) is 5.32 Å². The molecule has 0 fully saturated rings. The molecule has 0 unspecified atom stereocenters. The minimum absolute atomic E-state index is 0.357. The highest BCUT2D eigenvalue weighted by molar-refractivity contribution is 7.80. The second-order valence-corrected chi connectivity index (χ2v) is 9.83. The van der Waals surface area contributed by atoms with E-state index in [4.69, 9.17) is 33.3 Å². The summed E-state index contributed by atoms with van der Waals surface area (Å²) < 4.78 is 12.3. The van der Waals surface area contributed by atoms with Gasteiger partial charge in [-0.1, -0.05) is 41.9 Å². The normalized spacial score (nSPS) is 15.3. The highest BCUT2D eigenvalue weighted by Gasteiger charge is 2.31. The quantitative estimate of drug-likeness (QED) is 0.303. The zero-order valence-electron chi connectivity index (χ0n) is 19.7. The number of nitrogens with zero attached hydrogens (tertiary/aromatic N) is 1. The third-order valence-corrected chi connectivity index (χ3v) is 6.07. The van der Waals surface area contributed by atoms with Crippen LogP contribution in [0.4, 0.5) is 5.69 Å². The molecule has 5 nitrogen and oxygen atoms in total. The van der Waals surface area contributed by atoms with Gasteiger partial charge in [-0.3, -0.25) is 5.43 Å². The summed E-state index contributed by atoms with van der Waals surface area (Å²) in [5, 5.41) is 8.68. The molecule has 34 heavy (non-hydrogen) atoms. The van der Waals surface area contributed by atoms with Crippen molar-refractivity contribution in [2.24, 2.45) is 5.10 Å². The van der Waals surface area contributed by atoms with E-state index in [0.29, 0.717) is 23.2 Å². The van der Waals surface area contributed by atoms with Gasteiger partial charge in [0.1, 0.15) is 23.7 Å². The zero-order chi connectivity index (χ0) is 24.3. The van der Waals surface area contributed by atoms with Crippen LogP contribution >= 0.6 is 23.8 Å². The molecule has 176 valence electrons. The Morgan fingerprint density at radius 2 is 1.91 bits per heavy atom. The van der Waals surface area contributed by atoms with Crippen molar-refractivity contribution in [3.8, 4) is 11.5 Å². The van der Waals surface area contributed by atoms with E-state index in [1.54, 1.807) is 0 Å². The van der Waals surface area contributed by atoms with Crippen molar-refractivity contribution in [2.45, 2.75) is 46.3 Å². The Hall–Kier alpha value is -3.09. The summed E-state index contributed by atoms with van der Waals surface area (Å²) in [4.78, 5) is 0. The number of hydrogen-bond acceptors (Lipinski definition) is 4. The molecule has 0 aliphatic carbocycles. The van der Waals surface area contributed by atoms with Gasteiger partial charge in [0.2, 0.25) is 0 Å². The molecule has 0 aromatic heterocycles. The SMILES string of the molecule is Cc1ccc(NC(=S)NN=C2CC(C)(C)Oc3ccc(OCc4ccccc4C)cc32)c(Cl)c1. The van der Waals surface area contributed by atoms with E-state index in [-0.39, 0.29) is 0 Å². The number of rotatable bonds is 5. The van der Waals surface area contributed by atoms with Gasteiger partial charge in [0.05, 0.1) is 16.4 Å². The predicted octanol–water partition coefficient (Wildman–Crippen LogP) is 6.79. The average molecular weight is 494 g/mol. The lowest BCUT2D eigenvalue weighted by Crippen LogP contribution is -2.37. The van der Waals surface area contributed by atoms with Gasteiger partial charge in [0.15, 0.2) is 5.11 Å². The summed E-state index contributed by atoms with van der Waals surface area (Å²) in [7, 11) is 0. The first-order valence-electron chi connectivity index (χ1n) is 11.1. The van der Waals surface area contributed by atoms with Crippen molar-refractivity contribution in [1.82, 2.24) is 5.43 Å². The molecule has 0 bridgehead atoms. The molecule has 0 spiro atoms. The number of hydrazone groups is 1. The van der Waals surface area contributed by atoms with Crippen LogP contribution in [-0.4, -0.2) is 16.4 Å². The van der Waals surface area contributed by atoms with Gasteiger partial charge >= 0.3 is 0 Å². The highest BCUT2D eigenvalue weighted by Crippen LogP contribution is 2.36. The van der Waals surface area contributed by atoms with Gasteiger partial charge in [-0.05, 0) is 86.9 Å². The second kappa shape index (κ2) is 10.0. The molecule has 4 rings (SSSR count). The Kier molecular flexibility index (Phi) is 7.10. The van der Waals surface area contributed by atoms with Crippen LogP contribution in [0.1, 0.15) is 42.5 Å². The fourth-order valence-corrected chi connectivity index (χ4v) is 4.21. The topological polar surface area (TPSA) is 54.9 Å². The summed E-state index contributed by atoms with van der Waals surface area (Å²) in [6.07, 6.45) is 0.613. The molecule has 0 amide bonds. The smallest absolute Gasteiger partial charge is 0.191 e. The Morgan fingerprint density at radius 3 is 2.68 bits per heavy atom. The summed E-state index contributed by atoms with van der Waals surface area (Å²) in [6.45, 7) is 8.64. The first kappa shape index (κ1) is 24.0. The summed E-state index contributed by atoms with van der Waals surface area (Å²) in [5.41, 5.74) is 8.44. The molecule has 0 saturated heterocycles. The monoisotopic (exact) mass is 493 g/mol. The standard InChI is InChI=1S/C27H28ClN3O2S/c1-17-9-11-23(22(28)13-17)29-26(34)31-30-24-15-27(3,4)33-25-12-10-20(14-21(24)25)32-16-19-8-6-5-7-18(19)2/h5-14H,15-16H2,1-4H3,(H2,29,31,34). The van der Waals surface area contributed by atoms with Crippen molar-refractivity contribution >= 4 is 40.3 Å². The minimum Gasteiger partial charge on any atom is -0.489 e. The number of aryl methyl sites for hydroxylation is 2. The molecule has 7 heteroatoms.